The van der Waals surface area contributed by atoms with Crippen LogP contribution in [0.4, 0.5) is 13.6 Å². The molecule has 0 heterocycles. The van der Waals surface area contributed by atoms with E-state index in [1.54, 1.807) is 12.1 Å². The minimum atomic E-state index is -1.06. The minimum Gasteiger partial charge on any atom is -0.493 e. The van der Waals surface area contributed by atoms with Crippen molar-refractivity contribution in [2.24, 2.45) is 0 Å². The van der Waals surface area contributed by atoms with E-state index < -0.39 is 17.7 Å². The molecule has 1 amide bonds. The molecule has 2 aromatic rings. The Balaban J connectivity index is 1.92. The zero-order valence-electron chi connectivity index (χ0n) is 14.2. The van der Waals surface area contributed by atoms with Gasteiger partial charge in [-0.05, 0) is 29.8 Å². The molecule has 0 atom stereocenters. The van der Waals surface area contributed by atoms with Crippen molar-refractivity contribution >= 4 is 6.09 Å². The summed E-state index contributed by atoms with van der Waals surface area (Å²) in [5.74, 6) is -0.387. The lowest BCUT2D eigenvalue weighted by Gasteiger charge is -2.13. The highest BCUT2D eigenvalue weighted by molar-refractivity contribution is 5.64. The average Bonchev–Trinajstić information content (AvgIpc) is 2.61. The van der Waals surface area contributed by atoms with Crippen LogP contribution < -0.4 is 20.1 Å². The van der Waals surface area contributed by atoms with Crippen molar-refractivity contribution in [3.63, 3.8) is 0 Å². The van der Waals surface area contributed by atoms with Crippen LogP contribution in [0.15, 0.2) is 36.4 Å². The molecule has 0 saturated carbocycles. The van der Waals surface area contributed by atoms with Crippen LogP contribution in [0.3, 0.4) is 0 Å². The van der Waals surface area contributed by atoms with Crippen molar-refractivity contribution in [3.8, 4) is 11.5 Å². The number of ether oxygens (including phenoxy) is 2. The zero-order chi connectivity index (χ0) is 18.9. The molecule has 0 unspecified atom stereocenters. The average molecular weight is 366 g/mol. The van der Waals surface area contributed by atoms with E-state index in [1.165, 1.54) is 19.2 Å². The van der Waals surface area contributed by atoms with Crippen LogP contribution in [0.2, 0.25) is 0 Å². The van der Waals surface area contributed by atoms with Crippen LogP contribution in [0.25, 0.3) is 0 Å². The van der Waals surface area contributed by atoms with E-state index >= 15 is 0 Å². The van der Waals surface area contributed by atoms with E-state index in [-0.39, 0.29) is 12.2 Å². The predicted molar refractivity (Wildman–Crippen MR) is 91.4 cm³/mol. The summed E-state index contributed by atoms with van der Waals surface area (Å²) in [5, 5.41) is 13.8. The summed E-state index contributed by atoms with van der Waals surface area (Å²) < 4.78 is 37.4. The number of methoxy groups -OCH3 is 1. The van der Waals surface area contributed by atoms with Gasteiger partial charge in [0.15, 0.2) is 11.5 Å². The summed E-state index contributed by atoms with van der Waals surface area (Å²) in [7, 11) is 1.49. The first kappa shape index (κ1) is 19.5. The van der Waals surface area contributed by atoms with E-state index in [9.17, 15) is 13.6 Å². The fraction of sp³-hybridized carbons (Fsp3) is 0.278. The first-order valence-electron chi connectivity index (χ1n) is 7.90. The molecule has 0 saturated heterocycles. The maximum Gasteiger partial charge on any atom is 0.404 e. The van der Waals surface area contributed by atoms with Crippen LogP contribution in [-0.4, -0.2) is 31.4 Å². The van der Waals surface area contributed by atoms with Gasteiger partial charge < -0.3 is 25.2 Å². The number of halogens is 2. The Kier molecular flexibility index (Phi) is 7.16. The van der Waals surface area contributed by atoms with Crippen molar-refractivity contribution in [2.45, 2.75) is 13.2 Å². The number of benzene rings is 2. The number of amides is 1. The second kappa shape index (κ2) is 9.57. The third-order valence-electron chi connectivity index (χ3n) is 3.53. The Hall–Kier alpha value is -2.87. The molecule has 0 aliphatic heterocycles. The molecular formula is C18H20F2N2O4. The van der Waals surface area contributed by atoms with E-state index in [0.717, 1.165) is 11.6 Å². The standard InChI is InChI=1S/C18H20F2N2O4/c1-25-17-8-12(10-21-6-7-22-18(23)24)2-5-16(17)26-11-13-3-4-14(19)9-15(13)20/h2-5,8-9,21-22H,6-7,10-11H2,1H3,(H,23,24). The predicted octanol–water partition coefficient (Wildman–Crippen LogP) is 2.91. The molecule has 26 heavy (non-hydrogen) atoms. The molecule has 8 heteroatoms. The summed E-state index contributed by atoms with van der Waals surface area (Å²) >= 11 is 0. The van der Waals surface area contributed by atoms with E-state index in [2.05, 4.69) is 10.6 Å². The maximum atomic E-state index is 13.7. The number of hydrogen-bond donors (Lipinski definition) is 3. The smallest absolute Gasteiger partial charge is 0.404 e. The largest absolute Gasteiger partial charge is 0.493 e. The van der Waals surface area contributed by atoms with Gasteiger partial charge in [0.25, 0.3) is 0 Å². The normalized spacial score (nSPS) is 10.4. The number of hydrogen-bond acceptors (Lipinski definition) is 4. The molecule has 0 fully saturated rings. The highest BCUT2D eigenvalue weighted by atomic mass is 19.1. The van der Waals surface area contributed by atoms with Crippen molar-refractivity contribution in [3.05, 3.63) is 59.2 Å². The number of rotatable bonds is 9. The van der Waals surface area contributed by atoms with Crippen LogP contribution in [-0.2, 0) is 13.2 Å². The molecular weight excluding hydrogens is 346 g/mol. The molecule has 140 valence electrons. The topological polar surface area (TPSA) is 79.8 Å². The first-order chi connectivity index (χ1) is 12.5. The van der Waals surface area contributed by atoms with Crippen LogP contribution in [0.1, 0.15) is 11.1 Å². The number of carboxylic acid groups (broad SMARTS) is 1. The van der Waals surface area contributed by atoms with Crippen molar-refractivity contribution in [1.82, 2.24) is 10.6 Å². The number of carbonyl (C=O) groups is 1. The van der Waals surface area contributed by atoms with Gasteiger partial charge in [0.05, 0.1) is 7.11 Å². The van der Waals surface area contributed by atoms with Gasteiger partial charge in [0, 0.05) is 31.3 Å². The molecule has 0 aliphatic rings. The lowest BCUT2D eigenvalue weighted by molar-refractivity contribution is 0.194. The first-order valence-corrected chi connectivity index (χ1v) is 7.90. The molecule has 2 aromatic carbocycles. The second-order valence-electron chi connectivity index (χ2n) is 5.42. The molecule has 0 radical (unpaired) electrons. The fourth-order valence-electron chi connectivity index (χ4n) is 2.23. The van der Waals surface area contributed by atoms with Gasteiger partial charge in [-0.15, -0.1) is 0 Å². The Morgan fingerprint density at radius 1 is 1.12 bits per heavy atom. The zero-order valence-corrected chi connectivity index (χ0v) is 14.2. The van der Waals surface area contributed by atoms with Gasteiger partial charge in [-0.1, -0.05) is 6.07 Å². The third-order valence-corrected chi connectivity index (χ3v) is 3.53. The van der Waals surface area contributed by atoms with E-state index in [0.29, 0.717) is 31.1 Å². The van der Waals surface area contributed by atoms with Gasteiger partial charge in [0.1, 0.15) is 18.2 Å². The third kappa shape index (κ3) is 5.89. The lowest BCUT2D eigenvalue weighted by Crippen LogP contribution is -2.30. The Labute approximate surface area is 149 Å². The molecule has 0 spiro atoms. The SMILES string of the molecule is COc1cc(CNCCNC(=O)O)ccc1OCc1ccc(F)cc1F. The van der Waals surface area contributed by atoms with Crippen molar-refractivity contribution in [2.75, 3.05) is 20.2 Å². The van der Waals surface area contributed by atoms with Crippen molar-refractivity contribution < 1.29 is 28.2 Å². The molecule has 6 nitrogen and oxygen atoms in total. The van der Waals surface area contributed by atoms with Gasteiger partial charge in [0.2, 0.25) is 0 Å². The van der Waals surface area contributed by atoms with Crippen LogP contribution in [0.5, 0.6) is 11.5 Å². The van der Waals surface area contributed by atoms with Gasteiger partial charge >= 0.3 is 6.09 Å². The Bertz CT molecular complexity index is 756. The quantitative estimate of drug-likeness (QED) is 0.595. The molecule has 3 N–H and O–H groups in total. The second-order valence-corrected chi connectivity index (χ2v) is 5.42. The summed E-state index contributed by atoms with van der Waals surface area (Å²) in [6.07, 6.45) is -1.06. The summed E-state index contributed by atoms with van der Waals surface area (Å²) in [5.41, 5.74) is 1.16. The monoisotopic (exact) mass is 366 g/mol. The highest BCUT2D eigenvalue weighted by Gasteiger charge is 2.09. The van der Waals surface area contributed by atoms with Crippen molar-refractivity contribution in [1.29, 1.82) is 0 Å². The molecule has 2 rings (SSSR count). The summed E-state index contributed by atoms with van der Waals surface area (Å²) in [4.78, 5) is 10.3. The van der Waals surface area contributed by atoms with Gasteiger partial charge in [-0.3, -0.25) is 0 Å². The molecule has 0 bridgehead atoms. The molecule has 0 aliphatic carbocycles. The van der Waals surface area contributed by atoms with Gasteiger partial charge in [-0.25, -0.2) is 13.6 Å². The van der Waals surface area contributed by atoms with E-state index in [1.807, 2.05) is 6.07 Å². The van der Waals surface area contributed by atoms with Crippen LogP contribution >= 0.6 is 0 Å². The highest BCUT2D eigenvalue weighted by Crippen LogP contribution is 2.29. The Morgan fingerprint density at radius 3 is 2.62 bits per heavy atom. The number of nitrogens with one attached hydrogen (secondary N) is 2. The molecule has 0 aromatic heterocycles. The summed E-state index contributed by atoms with van der Waals surface area (Å²) in [6, 6.07) is 8.61. The summed E-state index contributed by atoms with van der Waals surface area (Å²) in [6.45, 7) is 1.25. The maximum absolute atomic E-state index is 13.7. The van der Waals surface area contributed by atoms with Crippen LogP contribution in [0, 0.1) is 11.6 Å². The van der Waals surface area contributed by atoms with Gasteiger partial charge in [-0.2, -0.15) is 0 Å². The minimum absolute atomic E-state index is 0.0546. The van der Waals surface area contributed by atoms with E-state index in [4.69, 9.17) is 14.6 Å². The Morgan fingerprint density at radius 2 is 1.92 bits per heavy atom. The lowest BCUT2D eigenvalue weighted by atomic mass is 10.2. The fourth-order valence-corrected chi connectivity index (χ4v) is 2.23.